The highest BCUT2D eigenvalue weighted by Crippen LogP contribution is 2.23. The molecule has 2 aromatic carbocycles. The van der Waals surface area contributed by atoms with Gasteiger partial charge in [0.1, 0.15) is 17.4 Å². The Bertz CT molecular complexity index is 957. The molecule has 3 aromatic rings. The molecule has 0 aliphatic carbocycles. The van der Waals surface area contributed by atoms with E-state index in [4.69, 9.17) is 4.42 Å². The molecule has 5 nitrogen and oxygen atoms in total. The van der Waals surface area contributed by atoms with Crippen LogP contribution in [0.5, 0.6) is 0 Å². The van der Waals surface area contributed by atoms with Gasteiger partial charge in [-0.3, -0.25) is 9.59 Å². The first-order chi connectivity index (χ1) is 13.3. The highest BCUT2D eigenvalue weighted by Gasteiger charge is 2.26. The average Bonchev–Trinajstić information content (AvgIpc) is 3.10. The van der Waals surface area contributed by atoms with E-state index in [0.29, 0.717) is 11.3 Å². The smallest absolute Gasteiger partial charge is 0.251 e. The molecule has 0 radical (unpaired) electrons. The molecule has 1 aromatic heterocycles. The maximum atomic E-state index is 12.8. The first-order valence-corrected chi connectivity index (χ1v) is 9.51. The third kappa shape index (κ3) is 4.42. The second-order valence-electron chi connectivity index (χ2n) is 7.48. The number of amides is 2. The number of furan rings is 1. The van der Waals surface area contributed by atoms with Crippen LogP contribution in [0.1, 0.15) is 48.5 Å². The van der Waals surface area contributed by atoms with E-state index in [1.807, 2.05) is 76.2 Å². The number of hydrogen-bond acceptors (Lipinski definition) is 3. The van der Waals surface area contributed by atoms with Crippen molar-refractivity contribution in [2.24, 2.45) is 5.92 Å². The maximum absolute atomic E-state index is 12.8. The monoisotopic (exact) mass is 378 g/mol. The first kappa shape index (κ1) is 19.7. The van der Waals surface area contributed by atoms with Gasteiger partial charge in [-0.1, -0.05) is 49.7 Å². The van der Waals surface area contributed by atoms with Gasteiger partial charge in [-0.15, -0.1) is 0 Å². The predicted octanol–water partition coefficient (Wildman–Crippen LogP) is 4.37. The van der Waals surface area contributed by atoms with E-state index in [1.54, 1.807) is 6.07 Å². The summed E-state index contributed by atoms with van der Waals surface area (Å²) in [6.07, 6.45) is 0. The summed E-state index contributed by atoms with van der Waals surface area (Å²) in [6, 6.07) is 16.0. The summed E-state index contributed by atoms with van der Waals surface area (Å²) in [4.78, 5) is 25.4. The van der Waals surface area contributed by atoms with Gasteiger partial charge in [0.15, 0.2) is 0 Å². The molecule has 0 fully saturated rings. The van der Waals surface area contributed by atoms with Gasteiger partial charge in [0.25, 0.3) is 5.91 Å². The lowest BCUT2D eigenvalue weighted by atomic mass is 10.0. The summed E-state index contributed by atoms with van der Waals surface area (Å²) >= 11 is 0. The fourth-order valence-corrected chi connectivity index (χ4v) is 3.14. The second-order valence-corrected chi connectivity index (χ2v) is 7.48. The number of carbonyl (C=O) groups is 2. The molecular formula is C23H26N2O3. The predicted molar refractivity (Wildman–Crippen MR) is 110 cm³/mol. The Morgan fingerprint density at radius 1 is 0.929 bits per heavy atom. The number of nitrogens with one attached hydrogen (secondary N) is 2. The van der Waals surface area contributed by atoms with Crippen molar-refractivity contribution in [2.75, 3.05) is 0 Å². The van der Waals surface area contributed by atoms with Gasteiger partial charge in [0, 0.05) is 10.9 Å². The van der Waals surface area contributed by atoms with E-state index in [2.05, 4.69) is 10.6 Å². The van der Waals surface area contributed by atoms with E-state index in [9.17, 15) is 9.59 Å². The normalized spacial score (nSPS) is 13.3. The van der Waals surface area contributed by atoms with Crippen molar-refractivity contribution in [2.45, 2.75) is 39.8 Å². The Hall–Kier alpha value is -3.08. The molecule has 1 heterocycles. The Kier molecular flexibility index (Phi) is 5.83. The van der Waals surface area contributed by atoms with Gasteiger partial charge >= 0.3 is 0 Å². The van der Waals surface area contributed by atoms with Crippen molar-refractivity contribution < 1.29 is 14.0 Å². The molecule has 0 aliphatic heterocycles. The van der Waals surface area contributed by atoms with E-state index in [1.165, 1.54) is 0 Å². The Morgan fingerprint density at radius 3 is 2.36 bits per heavy atom. The summed E-state index contributed by atoms with van der Waals surface area (Å²) in [6.45, 7) is 7.62. The fraction of sp³-hybridized carbons (Fsp3) is 0.304. The molecule has 0 bridgehead atoms. The zero-order valence-corrected chi connectivity index (χ0v) is 16.7. The Labute approximate surface area is 165 Å². The lowest BCUT2D eigenvalue weighted by Crippen LogP contribution is -2.50. The lowest BCUT2D eigenvalue weighted by Gasteiger charge is -2.23. The van der Waals surface area contributed by atoms with Crippen LogP contribution in [0.15, 0.2) is 59.0 Å². The van der Waals surface area contributed by atoms with Gasteiger partial charge < -0.3 is 15.1 Å². The van der Waals surface area contributed by atoms with Crippen LogP contribution in [0.25, 0.3) is 11.0 Å². The minimum Gasteiger partial charge on any atom is -0.459 e. The van der Waals surface area contributed by atoms with Crippen LogP contribution in [0.4, 0.5) is 0 Å². The molecule has 0 aliphatic rings. The van der Waals surface area contributed by atoms with Crippen LogP contribution in [0, 0.1) is 12.8 Å². The molecule has 0 saturated heterocycles. The van der Waals surface area contributed by atoms with Gasteiger partial charge in [-0.2, -0.15) is 0 Å². The molecule has 2 N–H and O–H groups in total. The number of hydrogen-bond donors (Lipinski definition) is 2. The Morgan fingerprint density at radius 2 is 1.68 bits per heavy atom. The summed E-state index contributed by atoms with van der Waals surface area (Å²) in [5, 5.41) is 6.81. The zero-order chi connectivity index (χ0) is 20.3. The minimum atomic E-state index is -0.639. The van der Waals surface area contributed by atoms with E-state index < -0.39 is 6.04 Å². The fourth-order valence-electron chi connectivity index (χ4n) is 3.14. The van der Waals surface area contributed by atoms with Crippen LogP contribution in [-0.4, -0.2) is 17.9 Å². The largest absolute Gasteiger partial charge is 0.459 e. The summed E-state index contributed by atoms with van der Waals surface area (Å²) < 4.78 is 5.83. The standard InChI is InChI=1S/C23H26N2O3/c1-14(2)21(25-22(26)18-10-7-8-15(3)12-18)23(27)24-16(4)20-13-17-9-5-6-11-19(17)28-20/h5-14,16,21H,1-4H3,(H,24,27)(H,25,26)/t16?,21-/m0/s1. The van der Waals surface area contributed by atoms with Crippen molar-refractivity contribution in [3.63, 3.8) is 0 Å². The highest BCUT2D eigenvalue weighted by molar-refractivity contribution is 5.97. The van der Waals surface area contributed by atoms with E-state index >= 15 is 0 Å². The zero-order valence-electron chi connectivity index (χ0n) is 16.7. The van der Waals surface area contributed by atoms with Gasteiger partial charge in [0.05, 0.1) is 6.04 Å². The number of aryl methyl sites for hydroxylation is 1. The van der Waals surface area contributed by atoms with Crippen LogP contribution in [0.3, 0.4) is 0 Å². The number of rotatable bonds is 6. The first-order valence-electron chi connectivity index (χ1n) is 9.51. The number of benzene rings is 2. The van der Waals surface area contributed by atoms with Crippen molar-refractivity contribution in [1.29, 1.82) is 0 Å². The van der Waals surface area contributed by atoms with Gasteiger partial charge in [-0.25, -0.2) is 0 Å². The maximum Gasteiger partial charge on any atom is 0.251 e. The third-order valence-electron chi connectivity index (χ3n) is 4.75. The van der Waals surface area contributed by atoms with Crippen molar-refractivity contribution in [3.8, 4) is 0 Å². The summed E-state index contributed by atoms with van der Waals surface area (Å²) in [5.41, 5.74) is 2.33. The van der Waals surface area contributed by atoms with Crippen LogP contribution in [-0.2, 0) is 4.79 Å². The van der Waals surface area contributed by atoms with Crippen molar-refractivity contribution in [3.05, 3.63) is 71.5 Å². The quantitative estimate of drug-likeness (QED) is 0.669. The molecule has 0 saturated carbocycles. The molecular weight excluding hydrogens is 352 g/mol. The molecule has 3 rings (SSSR count). The van der Waals surface area contributed by atoms with Crippen LogP contribution < -0.4 is 10.6 Å². The molecule has 146 valence electrons. The van der Waals surface area contributed by atoms with Gasteiger partial charge in [-0.05, 0) is 44.0 Å². The van der Waals surface area contributed by atoms with E-state index in [0.717, 1.165) is 16.5 Å². The number of para-hydroxylation sites is 1. The topological polar surface area (TPSA) is 71.3 Å². The van der Waals surface area contributed by atoms with Crippen LogP contribution >= 0.6 is 0 Å². The molecule has 28 heavy (non-hydrogen) atoms. The second kappa shape index (κ2) is 8.30. The van der Waals surface area contributed by atoms with Crippen molar-refractivity contribution in [1.82, 2.24) is 10.6 Å². The minimum absolute atomic E-state index is 0.0587. The summed E-state index contributed by atoms with van der Waals surface area (Å²) in [5.74, 6) is 0.136. The number of carbonyl (C=O) groups excluding carboxylic acids is 2. The SMILES string of the molecule is Cc1cccc(C(=O)N[C@H](C(=O)NC(C)c2cc3ccccc3o2)C(C)C)c1. The van der Waals surface area contributed by atoms with E-state index in [-0.39, 0.29) is 23.8 Å². The molecule has 5 heteroatoms. The molecule has 2 atom stereocenters. The highest BCUT2D eigenvalue weighted by atomic mass is 16.3. The molecule has 1 unspecified atom stereocenters. The van der Waals surface area contributed by atoms with Crippen LogP contribution in [0.2, 0.25) is 0 Å². The molecule has 0 spiro atoms. The van der Waals surface area contributed by atoms with Crippen molar-refractivity contribution >= 4 is 22.8 Å². The van der Waals surface area contributed by atoms with Gasteiger partial charge in [0.2, 0.25) is 5.91 Å². The third-order valence-corrected chi connectivity index (χ3v) is 4.75. The average molecular weight is 378 g/mol. The lowest BCUT2D eigenvalue weighted by molar-refractivity contribution is -0.124. The summed E-state index contributed by atoms with van der Waals surface area (Å²) in [7, 11) is 0. The Balaban J connectivity index is 1.71. The molecule has 2 amide bonds. The number of fused-ring (bicyclic) bond motifs is 1.